The number of rotatable bonds is 2. The lowest BCUT2D eigenvalue weighted by Gasteiger charge is -2.21. The van der Waals surface area contributed by atoms with Crippen LogP contribution in [0.2, 0.25) is 0 Å². The van der Waals surface area contributed by atoms with Crippen molar-refractivity contribution in [3.8, 4) is 0 Å². The molecule has 0 spiro atoms. The van der Waals surface area contributed by atoms with Gasteiger partial charge >= 0.3 is 0 Å². The van der Waals surface area contributed by atoms with Gasteiger partial charge in [0.05, 0.1) is 10.6 Å². The van der Waals surface area contributed by atoms with Gasteiger partial charge in [0, 0.05) is 11.7 Å². The summed E-state index contributed by atoms with van der Waals surface area (Å²) in [5.74, 6) is 2.50. The number of hydrogen-bond acceptors (Lipinski definition) is 5. The van der Waals surface area contributed by atoms with E-state index in [1.807, 2.05) is 4.68 Å². The third-order valence-electron chi connectivity index (χ3n) is 3.97. The van der Waals surface area contributed by atoms with Crippen LogP contribution < -0.4 is 0 Å². The van der Waals surface area contributed by atoms with Crippen LogP contribution in [0, 0.1) is 0 Å². The minimum atomic E-state index is 0.539. The maximum absolute atomic E-state index is 4.82. The zero-order valence-corrected chi connectivity index (χ0v) is 12.8. The molecule has 1 fully saturated rings. The molecule has 0 N–H and O–H groups in total. The molecule has 0 aromatic carbocycles. The summed E-state index contributed by atoms with van der Waals surface area (Å²) in [5.41, 5.74) is 1.15. The van der Waals surface area contributed by atoms with E-state index in [4.69, 9.17) is 5.10 Å². The predicted molar refractivity (Wildman–Crippen MR) is 82.8 cm³/mol. The Labute approximate surface area is 126 Å². The summed E-state index contributed by atoms with van der Waals surface area (Å²) in [6, 6.07) is 4.22. The van der Waals surface area contributed by atoms with Crippen molar-refractivity contribution in [2.24, 2.45) is 5.10 Å². The van der Waals surface area contributed by atoms with Gasteiger partial charge in [0.1, 0.15) is 0 Å². The summed E-state index contributed by atoms with van der Waals surface area (Å²) in [5, 5.41) is 16.6. The fourth-order valence-corrected chi connectivity index (χ4v) is 4.56. The molecular weight excluding hydrogens is 288 g/mol. The largest absolute Gasteiger partial charge is 0.212 e. The van der Waals surface area contributed by atoms with Crippen molar-refractivity contribution >= 4 is 28.8 Å². The van der Waals surface area contributed by atoms with Crippen molar-refractivity contribution in [2.75, 3.05) is 5.75 Å². The Hall–Kier alpha value is -1.14. The number of nitrogens with zero attached hydrogens (tertiary/aromatic N) is 4. The van der Waals surface area contributed by atoms with Crippen molar-refractivity contribution < 1.29 is 0 Å². The van der Waals surface area contributed by atoms with E-state index in [2.05, 4.69) is 27.7 Å². The maximum Gasteiger partial charge on any atom is 0.212 e. The van der Waals surface area contributed by atoms with Crippen LogP contribution in [-0.4, -0.2) is 26.3 Å². The first-order chi connectivity index (χ1) is 9.92. The molecule has 0 radical (unpaired) electrons. The Bertz CT molecular complexity index is 624. The Morgan fingerprint density at radius 2 is 2.05 bits per heavy atom. The molecule has 1 aliphatic heterocycles. The molecule has 3 heterocycles. The fourth-order valence-electron chi connectivity index (χ4n) is 2.92. The van der Waals surface area contributed by atoms with Crippen molar-refractivity contribution in [2.45, 2.75) is 43.2 Å². The lowest BCUT2D eigenvalue weighted by molar-refractivity contribution is 0.417. The van der Waals surface area contributed by atoms with E-state index in [9.17, 15) is 0 Å². The number of aromatic nitrogens is 3. The summed E-state index contributed by atoms with van der Waals surface area (Å²) in [6.45, 7) is 0. The van der Waals surface area contributed by atoms with Crippen LogP contribution in [0.3, 0.4) is 0 Å². The Kier molecular flexibility index (Phi) is 3.36. The van der Waals surface area contributed by atoms with Gasteiger partial charge in [0.2, 0.25) is 5.16 Å². The highest BCUT2D eigenvalue weighted by Gasteiger charge is 2.26. The van der Waals surface area contributed by atoms with Gasteiger partial charge in [-0.2, -0.15) is 9.78 Å². The van der Waals surface area contributed by atoms with Gasteiger partial charge in [0.25, 0.3) is 0 Å². The normalized spacial score (nSPS) is 19.7. The summed E-state index contributed by atoms with van der Waals surface area (Å²) < 4.78 is 2.00. The molecule has 2 aliphatic rings. The second kappa shape index (κ2) is 5.33. The molecule has 0 bridgehead atoms. The fraction of sp³-hybridized carbons (Fsp3) is 0.500. The molecule has 104 valence electrons. The smallest absolute Gasteiger partial charge is 0.191 e. The first kappa shape index (κ1) is 12.6. The van der Waals surface area contributed by atoms with Crippen molar-refractivity contribution in [1.29, 1.82) is 0 Å². The summed E-state index contributed by atoms with van der Waals surface area (Å²) in [6.07, 6.45) is 6.43. The van der Waals surface area contributed by atoms with Gasteiger partial charge in [-0.25, -0.2) is 0 Å². The molecule has 6 heteroatoms. The van der Waals surface area contributed by atoms with Crippen molar-refractivity contribution in [3.05, 3.63) is 28.2 Å². The third-order valence-corrected chi connectivity index (χ3v) is 5.82. The van der Waals surface area contributed by atoms with Crippen LogP contribution in [0.15, 0.2) is 27.8 Å². The molecule has 4 nitrogen and oxygen atoms in total. The zero-order chi connectivity index (χ0) is 13.4. The van der Waals surface area contributed by atoms with Crippen molar-refractivity contribution in [3.63, 3.8) is 0 Å². The predicted octanol–water partition coefficient (Wildman–Crippen LogP) is 3.75. The molecule has 0 atom stereocenters. The number of fused-ring (bicyclic) bond motifs is 1. The first-order valence-corrected chi connectivity index (χ1v) is 8.98. The minimum absolute atomic E-state index is 0.539. The monoisotopic (exact) mass is 304 g/mol. The standard InChI is InChI=1S/C14H16N4S2/c1-2-5-10(6-3-1)13-15-16-14-18(13)17-11(9-20-14)12-7-4-8-19-12/h4,7-8,10H,1-3,5-6,9H2. The van der Waals surface area contributed by atoms with E-state index in [0.29, 0.717) is 5.92 Å². The molecule has 1 saturated carbocycles. The van der Waals surface area contributed by atoms with Gasteiger partial charge in [0.15, 0.2) is 5.82 Å². The van der Waals surface area contributed by atoms with Crippen LogP contribution in [0.1, 0.15) is 48.7 Å². The highest BCUT2D eigenvalue weighted by molar-refractivity contribution is 7.99. The van der Waals surface area contributed by atoms with Crippen LogP contribution in [-0.2, 0) is 0 Å². The van der Waals surface area contributed by atoms with Crippen LogP contribution in [0.25, 0.3) is 0 Å². The minimum Gasteiger partial charge on any atom is -0.191 e. The average Bonchev–Trinajstić information content (AvgIpc) is 3.17. The summed E-state index contributed by atoms with van der Waals surface area (Å²) in [4.78, 5) is 1.26. The number of thioether (sulfide) groups is 1. The topological polar surface area (TPSA) is 43.1 Å². The second-order valence-electron chi connectivity index (χ2n) is 5.30. The van der Waals surface area contributed by atoms with E-state index in [1.165, 1.54) is 37.0 Å². The first-order valence-electron chi connectivity index (χ1n) is 7.11. The van der Waals surface area contributed by atoms with Gasteiger partial charge < -0.3 is 0 Å². The van der Waals surface area contributed by atoms with Gasteiger partial charge in [-0.05, 0) is 24.3 Å². The lowest BCUT2D eigenvalue weighted by atomic mass is 9.89. The van der Waals surface area contributed by atoms with Crippen molar-refractivity contribution in [1.82, 2.24) is 14.9 Å². The van der Waals surface area contributed by atoms with E-state index < -0.39 is 0 Å². The molecule has 0 amide bonds. The van der Waals surface area contributed by atoms with E-state index in [1.54, 1.807) is 23.1 Å². The Morgan fingerprint density at radius 3 is 2.85 bits per heavy atom. The van der Waals surface area contributed by atoms with Crippen LogP contribution >= 0.6 is 23.1 Å². The molecule has 4 rings (SSSR count). The van der Waals surface area contributed by atoms with Crippen LogP contribution in [0.4, 0.5) is 0 Å². The van der Waals surface area contributed by atoms with Crippen LogP contribution in [0.5, 0.6) is 0 Å². The highest BCUT2D eigenvalue weighted by atomic mass is 32.2. The number of thiophene rings is 1. The molecule has 1 aliphatic carbocycles. The zero-order valence-electron chi connectivity index (χ0n) is 11.2. The molecule has 2 aromatic heterocycles. The van der Waals surface area contributed by atoms with Gasteiger partial charge in [-0.3, -0.25) is 0 Å². The quantitative estimate of drug-likeness (QED) is 0.848. The Balaban J connectivity index is 1.70. The molecule has 0 saturated heterocycles. The van der Waals surface area contributed by atoms with E-state index >= 15 is 0 Å². The SMILES string of the molecule is c1csc(C2=Nn3c(nnc3C3CCCCC3)SC2)c1. The second-order valence-corrected chi connectivity index (χ2v) is 7.19. The maximum atomic E-state index is 4.82. The highest BCUT2D eigenvalue weighted by Crippen LogP contribution is 2.34. The molecule has 0 unspecified atom stereocenters. The summed E-state index contributed by atoms with van der Waals surface area (Å²) >= 11 is 3.49. The Morgan fingerprint density at radius 1 is 1.15 bits per heavy atom. The molecule has 20 heavy (non-hydrogen) atoms. The van der Waals surface area contributed by atoms with Gasteiger partial charge in [-0.1, -0.05) is 37.1 Å². The van der Waals surface area contributed by atoms with E-state index in [-0.39, 0.29) is 0 Å². The van der Waals surface area contributed by atoms with E-state index in [0.717, 1.165) is 22.4 Å². The number of hydrogen-bond donors (Lipinski definition) is 0. The molecule has 2 aromatic rings. The summed E-state index contributed by atoms with van der Waals surface area (Å²) in [7, 11) is 0. The lowest BCUT2D eigenvalue weighted by Crippen LogP contribution is -2.16. The third kappa shape index (κ3) is 2.20. The average molecular weight is 304 g/mol. The van der Waals surface area contributed by atoms with Gasteiger partial charge in [-0.15, -0.1) is 21.5 Å². The molecular formula is C14H16N4S2.